The molecule has 274 valence electrons. The number of alkyl halides is 1. The molecule has 7 aromatic carbocycles. The van der Waals surface area contributed by atoms with Crippen molar-refractivity contribution in [2.75, 3.05) is 4.90 Å². The third-order valence-corrected chi connectivity index (χ3v) is 16.9. The van der Waals surface area contributed by atoms with E-state index in [0.29, 0.717) is 11.1 Å². The molecular weight excluding hydrogens is 732 g/mol. The molecule has 5 heterocycles. The van der Waals surface area contributed by atoms with E-state index in [1.54, 1.807) is 6.20 Å². The lowest BCUT2D eigenvalue weighted by molar-refractivity contribution is 0.402. The Bertz CT molecular complexity index is 3360. The minimum Gasteiger partial charge on any atom is -0.456 e. The van der Waals surface area contributed by atoms with Gasteiger partial charge in [-0.05, 0) is 85.8 Å². The fourth-order valence-corrected chi connectivity index (χ4v) is 14.9. The second-order valence-electron chi connectivity index (χ2n) is 15.0. The third kappa shape index (κ3) is 4.56. The van der Waals surface area contributed by atoms with Crippen LogP contribution < -0.4 is 25.6 Å². The smallest absolute Gasteiger partial charge is 0.187 e. The quantitative estimate of drug-likeness (QED) is 0.129. The molecule has 1 aliphatic heterocycles. The Hall–Kier alpha value is -7.35. The van der Waals surface area contributed by atoms with Crippen LogP contribution in [0, 0.1) is 0 Å². The number of aromatic nitrogens is 3. The lowest BCUT2D eigenvalue weighted by Crippen LogP contribution is -2.77. The summed E-state index contributed by atoms with van der Waals surface area (Å²) in [7, 11) is -3.09. The van der Waals surface area contributed by atoms with Gasteiger partial charge in [0.25, 0.3) is 0 Å². The van der Waals surface area contributed by atoms with Gasteiger partial charge in [0.15, 0.2) is 14.2 Å². The summed E-state index contributed by atoms with van der Waals surface area (Å²) in [6.45, 7) is 0. The lowest BCUT2D eigenvalue weighted by Gasteiger charge is -2.44. The van der Waals surface area contributed by atoms with Crippen LogP contribution in [0.5, 0.6) is 0 Å². The predicted molar refractivity (Wildman–Crippen MR) is 237 cm³/mol. The summed E-state index contributed by atoms with van der Waals surface area (Å²) in [5.74, 6) is 0.841. The van der Waals surface area contributed by atoms with Crippen LogP contribution in [0.1, 0.15) is 17.3 Å². The molecule has 0 fully saturated rings. The third-order valence-electron chi connectivity index (χ3n) is 12.0. The highest BCUT2D eigenvalue weighted by Crippen LogP contribution is 2.43. The largest absolute Gasteiger partial charge is 0.456 e. The number of rotatable bonds is 5. The number of furan rings is 1. The Labute approximate surface area is 333 Å². The van der Waals surface area contributed by atoms with Crippen LogP contribution in [0.4, 0.5) is 21.6 Å². The fraction of sp³-hybridized carbons (Fsp3) is 0.0196. The molecule has 0 amide bonds. The van der Waals surface area contributed by atoms with Gasteiger partial charge in [-0.3, -0.25) is 9.30 Å². The van der Waals surface area contributed by atoms with E-state index >= 15 is 4.39 Å². The van der Waals surface area contributed by atoms with E-state index in [0.717, 1.165) is 71.6 Å². The van der Waals surface area contributed by atoms with Crippen molar-refractivity contribution in [3.05, 3.63) is 206 Å². The summed E-state index contributed by atoms with van der Waals surface area (Å²) in [5.41, 5.74) is 6.55. The molecule has 5 nitrogen and oxygen atoms in total. The molecule has 0 bridgehead atoms. The van der Waals surface area contributed by atoms with Gasteiger partial charge in [-0.2, -0.15) is 0 Å². The topological polar surface area (TPSA) is 46.6 Å². The molecule has 1 aliphatic rings. The van der Waals surface area contributed by atoms with E-state index in [4.69, 9.17) is 14.4 Å². The zero-order chi connectivity index (χ0) is 38.4. The van der Waals surface area contributed by atoms with Gasteiger partial charge in [0.05, 0.1) is 5.52 Å². The highest BCUT2D eigenvalue weighted by atomic mass is 28.3. The summed E-state index contributed by atoms with van der Waals surface area (Å²) in [5, 5.41) is 10.1. The maximum Gasteiger partial charge on any atom is 0.187 e. The van der Waals surface area contributed by atoms with Crippen LogP contribution in [0.25, 0.3) is 49.3 Å². The van der Waals surface area contributed by atoms with Crippen molar-refractivity contribution in [3.8, 4) is 0 Å². The number of anilines is 3. The van der Waals surface area contributed by atoms with Crippen LogP contribution in [0.3, 0.4) is 0 Å². The number of para-hydroxylation sites is 2. The van der Waals surface area contributed by atoms with Crippen molar-refractivity contribution in [1.29, 1.82) is 0 Å². The Balaban J connectivity index is 1.10. The van der Waals surface area contributed by atoms with Crippen LogP contribution in [0.2, 0.25) is 0 Å². The van der Waals surface area contributed by atoms with Gasteiger partial charge >= 0.3 is 0 Å². The van der Waals surface area contributed by atoms with Gasteiger partial charge in [0, 0.05) is 51.5 Å². The van der Waals surface area contributed by atoms with Crippen molar-refractivity contribution in [3.63, 3.8) is 0 Å². The molecule has 4 aromatic heterocycles. The van der Waals surface area contributed by atoms with Crippen molar-refractivity contribution in [2.45, 2.75) is 6.17 Å². The number of pyridine rings is 2. The molecule has 12 rings (SSSR count). The van der Waals surface area contributed by atoms with Gasteiger partial charge < -0.3 is 4.42 Å². The minimum absolute atomic E-state index is 0.561. The first-order valence-corrected chi connectivity index (χ1v) is 21.5. The summed E-state index contributed by atoms with van der Waals surface area (Å²) < 4.78 is 25.9. The molecule has 0 spiro atoms. The summed E-state index contributed by atoms with van der Waals surface area (Å²) >= 11 is 0. The fourth-order valence-electron chi connectivity index (χ4n) is 9.65. The number of nitrogens with zero attached hydrogens (tertiary/aromatic N) is 4. The molecule has 58 heavy (non-hydrogen) atoms. The number of imidazole rings is 1. The Morgan fingerprint density at radius 1 is 0.552 bits per heavy atom. The monoisotopic (exact) mass is 764 g/mol. The number of hydrogen-bond acceptors (Lipinski definition) is 4. The van der Waals surface area contributed by atoms with Crippen LogP contribution in [-0.2, 0) is 0 Å². The highest BCUT2D eigenvalue weighted by Gasteiger charge is 2.51. The molecular formula is C51H33FN4OSi. The molecule has 1 atom stereocenters. The SMILES string of the molecule is FC(c1cccc(N2c3ccc4oc5ccccc5c4c3[Si](c3ccccc3)(c3ccccc3)c3cccnc32)c1)c1ccc2c3ccccc3n3ccnc3c2c1. The molecule has 0 N–H and O–H groups in total. The Morgan fingerprint density at radius 2 is 1.29 bits per heavy atom. The Morgan fingerprint density at radius 3 is 2.12 bits per heavy atom. The predicted octanol–water partition coefficient (Wildman–Crippen LogP) is 10.2. The molecule has 11 aromatic rings. The van der Waals surface area contributed by atoms with Gasteiger partial charge in [-0.1, -0.05) is 127 Å². The van der Waals surface area contributed by atoms with Gasteiger partial charge in [-0.15, -0.1) is 0 Å². The highest BCUT2D eigenvalue weighted by molar-refractivity contribution is 7.22. The van der Waals surface area contributed by atoms with Crippen molar-refractivity contribution >= 4 is 95.3 Å². The number of benzene rings is 7. The Kier molecular flexibility index (Phi) is 7.12. The normalized spacial score (nSPS) is 14.0. The number of fused-ring (bicyclic) bond motifs is 12. The van der Waals surface area contributed by atoms with Crippen LogP contribution in [0.15, 0.2) is 199 Å². The average molecular weight is 765 g/mol. The second-order valence-corrected chi connectivity index (χ2v) is 18.7. The minimum atomic E-state index is -3.09. The van der Waals surface area contributed by atoms with Crippen LogP contribution in [-0.4, -0.2) is 22.4 Å². The zero-order valence-corrected chi connectivity index (χ0v) is 32.1. The first kappa shape index (κ1) is 32.8. The standard InChI is InChI=1S/C51H33FN4OSi/c52-48(34-24-25-38-39-19-7-9-21-42(39)55-30-29-54-50(55)41(38)32-34)33-13-11-14-35(31-33)56-43-26-27-45-47(40-20-8-10-22-44(40)57-45)49(43)58(36-15-3-1-4-16-36,37-17-5-2-6-18-37)46-23-12-28-53-51(46)56/h1-32,48H. The van der Waals surface area contributed by atoms with Crippen molar-refractivity contribution < 1.29 is 8.81 Å². The van der Waals surface area contributed by atoms with Crippen molar-refractivity contribution in [1.82, 2.24) is 14.4 Å². The average Bonchev–Trinajstić information content (AvgIpc) is 3.95. The van der Waals surface area contributed by atoms with E-state index in [1.165, 1.54) is 15.6 Å². The first-order chi connectivity index (χ1) is 28.7. The molecule has 0 aliphatic carbocycles. The van der Waals surface area contributed by atoms with E-state index in [-0.39, 0.29) is 0 Å². The van der Waals surface area contributed by atoms with Gasteiger partial charge in [0.2, 0.25) is 0 Å². The summed E-state index contributed by atoms with van der Waals surface area (Å²) in [6, 6.07) is 60.8. The van der Waals surface area contributed by atoms with Gasteiger partial charge in [0.1, 0.15) is 22.6 Å². The molecule has 0 radical (unpaired) electrons. The lowest BCUT2D eigenvalue weighted by atomic mass is 9.97. The molecule has 0 saturated carbocycles. The molecule has 0 saturated heterocycles. The maximum absolute atomic E-state index is 17.2. The van der Waals surface area contributed by atoms with E-state index in [2.05, 4.69) is 125 Å². The first-order valence-electron chi connectivity index (χ1n) is 19.5. The van der Waals surface area contributed by atoms with Gasteiger partial charge in [-0.25, -0.2) is 14.4 Å². The number of hydrogen-bond donors (Lipinski definition) is 0. The van der Waals surface area contributed by atoms with Crippen molar-refractivity contribution in [2.24, 2.45) is 0 Å². The van der Waals surface area contributed by atoms with E-state index in [1.807, 2.05) is 73.1 Å². The summed E-state index contributed by atoms with van der Waals surface area (Å²) in [4.78, 5) is 12.1. The molecule has 1 unspecified atom stereocenters. The maximum atomic E-state index is 17.2. The summed E-state index contributed by atoms with van der Waals surface area (Å²) in [6.07, 6.45) is 4.25. The second kappa shape index (κ2) is 12.6. The molecule has 7 heteroatoms. The van der Waals surface area contributed by atoms with E-state index in [9.17, 15) is 0 Å². The van der Waals surface area contributed by atoms with Crippen LogP contribution >= 0.6 is 0 Å². The number of halogens is 1. The zero-order valence-electron chi connectivity index (χ0n) is 31.1. The van der Waals surface area contributed by atoms with E-state index < -0.39 is 14.2 Å².